The van der Waals surface area contributed by atoms with Crippen LogP contribution in [0.5, 0.6) is 0 Å². The molecular formula is C17H26N2OS. The van der Waals surface area contributed by atoms with E-state index in [1.807, 2.05) is 16.7 Å². The van der Waals surface area contributed by atoms with Gasteiger partial charge in [-0.3, -0.25) is 4.79 Å². The molecule has 1 aliphatic rings. The molecule has 0 spiro atoms. The number of carbonyl (C=O) groups excluding carboxylic acids is 1. The summed E-state index contributed by atoms with van der Waals surface area (Å²) in [7, 11) is 0. The maximum Gasteiger partial charge on any atom is 0.225 e. The van der Waals surface area contributed by atoms with E-state index in [-0.39, 0.29) is 5.92 Å². The Hall–Kier alpha value is -1.00. The Kier molecular flexibility index (Phi) is 6.58. The van der Waals surface area contributed by atoms with Gasteiger partial charge in [-0.05, 0) is 36.3 Å². The average Bonchev–Trinajstić information content (AvgIpc) is 2.54. The molecule has 1 aromatic rings. The lowest BCUT2D eigenvalue weighted by Crippen LogP contribution is -2.48. The predicted octanol–water partition coefficient (Wildman–Crippen LogP) is 2.80. The highest BCUT2D eigenvalue weighted by Crippen LogP contribution is 2.19. The molecule has 1 unspecified atom stereocenters. The second-order valence-corrected chi connectivity index (χ2v) is 6.93. The smallest absolute Gasteiger partial charge is 0.225 e. The zero-order chi connectivity index (χ0) is 15.1. The summed E-state index contributed by atoms with van der Waals surface area (Å²) in [6.07, 6.45) is 1.92. The summed E-state index contributed by atoms with van der Waals surface area (Å²) in [4.78, 5) is 15.7. The first-order valence-corrected chi connectivity index (χ1v) is 8.90. The first-order valence-electron chi connectivity index (χ1n) is 7.92. The highest BCUT2D eigenvalue weighted by atomic mass is 32.2. The number of hydrogen-bond acceptors (Lipinski definition) is 3. The minimum Gasteiger partial charge on any atom is -0.340 e. The van der Waals surface area contributed by atoms with Crippen molar-refractivity contribution in [1.82, 2.24) is 10.2 Å². The topological polar surface area (TPSA) is 32.3 Å². The third-order valence-corrected chi connectivity index (χ3v) is 4.84. The minimum atomic E-state index is 0.118. The highest BCUT2D eigenvalue weighted by Gasteiger charge is 2.21. The van der Waals surface area contributed by atoms with Crippen molar-refractivity contribution in [3.63, 3.8) is 0 Å². The molecule has 1 fully saturated rings. The molecule has 1 heterocycles. The van der Waals surface area contributed by atoms with Crippen LogP contribution in [0.1, 0.15) is 25.8 Å². The number of aryl methyl sites for hydroxylation is 1. The molecule has 3 nitrogen and oxygen atoms in total. The van der Waals surface area contributed by atoms with Gasteiger partial charge in [0.25, 0.3) is 0 Å². The van der Waals surface area contributed by atoms with E-state index in [1.165, 1.54) is 10.5 Å². The molecule has 1 atom stereocenters. The fourth-order valence-corrected chi connectivity index (χ4v) is 3.28. The SMILES string of the molecule is CCSc1ccc(CCC(C)C(=O)N2CCNCC2)cc1. The molecule has 1 aliphatic heterocycles. The molecule has 1 saturated heterocycles. The lowest BCUT2D eigenvalue weighted by Gasteiger charge is -2.29. The zero-order valence-electron chi connectivity index (χ0n) is 13.1. The van der Waals surface area contributed by atoms with Crippen molar-refractivity contribution in [3.8, 4) is 0 Å². The maximum atomic E-state index is 12.4. The standard InChI is InChI=1S/C17H26N2OS/c1-3-21-16-8-6-15(7-9-16)5-4-14(2)17(20)19-12-10-18-11-13-19/h6-9,14,18H,3-5,10-13H2,1-2H3. The van der Waals surface area contributed by atoms with Gasteiger partial charge in [-0.1, -0.05) is 26.0 Å². The quantitative estimate of drug-likeness (QED) is 0.820. The first kappa shape index (κ1) is 16.4. The molecule has 0 saturated carbocycles. The van der Waals surface area contributed by atoms with Crippen LogP contribution >= 0.6 is 11.8 Å². The molecular weight excluding hydrogens is 280 g/mol. The van der Waals surface area contributed by atoms with Crippen LogP contribution in [0.25, 0.3) is 0 Å². The number of hydrogen-bond donors (Lipinski definition) is 1. The van der Waals surface area contributed by atoms with Gasteiger partial charge in [-0.2, -0.15) is 0 Å². The van der Waals surface area contributed by atoms with E-state index in [1.54, 1.807) is 0 Å². The van der Waals surface area contributed by atoms with E-state index in [2.05, 4.69) is 43.4 Å². The number of nitrogens with one attached hydrogen (secondary N) is 1. The number of piperazine rings is 1. The molecule has 21 heavy (non-hydrogen) atoms. The van der Waals surface area contributed by atoms with Crippen LogP contribution < -0.4 is 5.32 Å². The van der Waals surface area contributed by atoms with Gasteiger partial charge in [0.2, 0.25) is 5.91 Å². The van der Waals surface area contributed by atoms with Crippen LogP contribution in [0, 0.1) is 5.92 Å². The molecule has 4 heteroatoms. The van der Waals surface area contributed by atoms with Crippen molar-refractivity contribution >= 4 is 17.7 Å². The number of nitrogens with zero attached hydrogens (tertiary/aromatic N) is 1. The van der Waals surface area contributed by atoms with Gasteiger partial charge in [-0.15, -0.1) is 11.8 Å². The number of rotatable bonds is 6. The molecule has 1 N–H and O–H groups in total. The Morgan fingerprint density at radius 1 is 1.29 bits per heavy atom. The normalized spacial score (nSPS) is 16.8. The molecule has 116 valence electrons. The van der Waals surface area contributed by atoms with Gasteiger partial charge < -0.3 is 10.2 Å². The van der Waals surface area contributed by atoms with Gasteiger partial charge in [0.1, 0.15) is 0 Å². The zero-order valence-corrected chi connectivity index (χ0v) is 13.9. The second-order valence-electron chi connectivity index (χ2n) is 5.59. The third kappa shape index (κ3) is 5.04. The number of carbonyl (C=O) groups is 1. The van der Waals surface area contributed by atoms with Crippen molar-refractivity contribution < 1.29 is 4.79 Å². The largest absolute Gasteiger partial charge is 0.340 e. The summed E-state index contributed by atoms with van der Waals surface area (Å²) in [5.74, 6) is 1.54. The summed E-state index contributed by atoms with van der Waals surface area (Å²) >= 11 is 1.87. The van der Waals surface area contributed by atoms with Gasteiger partial charge in [0.05, 0.1) is 0 Å². The molecule has 2 rings (SSSR count). The Balaban J connectivity index is 1.79. The van der Waals surface area contributed by atoms with E-state index >= 15 is 0 Å². The monoisotopic (exact) mass is 306 g/mol. The highest BCUT2D eigenvalue weighted by molar-refractivity contribution is 7.99. The molecule has 0 bridgehead atoms. The van der Waals surface area contributed by atoms with Gasteiger partial charge in [0.15, 0.2) is 0 Å². The predicted molar refractivity (Wildman–Crippen MR) is 89.8 cm³/mol. The number of amides is 1. The average molecular weight is 306 g/mol. The fourth-order valence-electron chi connectivity index (χ4n) is 2.62. The number of thioether (sulfide) groups is 1. The van der Waals surface area contributed by atoms with E-state index in [4.69, 9.17) is 0 Å². The van der Waals surface area contributed by atoms with Gasteiger partial charge in [-0.25, -0.2) is 0 Å². The Bertz CT molecular complexity index is 441. The molecule has 0 radical (unpaired) electrons. The van der Waals surface area contributed by atoms with Crippen molar-refractivity contribution in [1.29, 1.82) is 0 Å². The second kappa shape index (κ2) is 8.44. The lowest BCUT2D eigenvalue weighted by molar-refractivity contribution is -0.135. The first-order chi connectivity index (χ1) is 10.2. The molecule has 0 aromatic heterocycles. The lowest BCUT2D eigenvalue weighted by atomic mass is 9.99. The Morgan fingerprint density at radius 3 is 2.57 bits per heavy atom. The summed E-state index contributed by atoms with van der Waals surface area (Å²) in [5.41, 5.74) is 1.33. The van der Waals surface area contributed by atoms with Crippen molar-refractivity contribution in [2.75, 3.05) is 31.9 Å². The molecule has 1 aromatic carbocycles. The van der Waals surface area contributed by atoms with Crippen molar-refractivity contribution in [2.45, 2.75) is 31.6 Å². The van der Waals surface area contributed by atoms with E-state index in [0.29, 0.717) is 5.91 Å². The van der Waals surface area contributed by atoms with Crippen molar-refractivity contribution in [2.24, 2.45) is 5.92 Å². The van der Waals surface area contributed by atoms with Crippen LogP contribution in [0.4, 0.5) is 0 Å². The third-order valence-electron chi connectivity index (χ3n) is 3.95. The number of benzene rings is 1. The summed E-state index contributed by atoms with van der Waals surface area (Å²) in [5, 5.41) is 3.29. The van der Waals surface area contributed by atoms with Crippen LogP contribution in [-0.2, 0) is 11.2 Å². The Morgan fingerprint density at radius 2 is 1.95 bits per heavy atom. The summed E-state index contributed by atoms with van der Waals surface area (Å²) in [6, 6.07) is 8.76. The van der Waals surface area contributed by atoms with Crippen molar-refractivity contribution in [3.05, 3.63) is 29.8 Å². The van der Waals surface area contributed by atoms with Crippen LogP contribution in [0.3, 0.4) is 0 Å². The minimum absolute atomic E-state index is 0.118. The van der Waals surface area contributed by atoms with E-state index < -0.39 is 0 Å². The van der Waals surface area contributed by atoms with Crippen LogP contribution in [0.2, 0.25) is 0 Å². The molecule has 0 aliphatic carbocycles. The Labute approximate surface area is 132 Å². The maximum absolute atomic E-state index is 12.4. The fraction of sp³-hybridized carbons (Fsp3) is 0.588. The van der Waals surface area contributed by atoms with Gasteiger partial charge in [0, 0.05) is 37.0 Å². The van der Waals surface area contributed by atoms with E-state index in [9.17, 15) is 4.79 Å². The van der Waals surface area contributed by atoms with E-state index in [0.717, 1.165) is 44.8 Å². The van der Waals surface area contributed by atoms with Crippen LogP contribution in [0.15, 0.2) is 29.2 Å². The van der Waals surface area contributed by atoms with Gasteiger partial charge >= 0.3 is 0 Å². The van der Waals surface area contributed by atoms with Crippen LogP contribution in [-0.4, -0.2) is 42.7 Å². The molecule has 1 amide bonds. The summed E-state index contributed by atoms with van der Waals surface area (Å²) in [6.45, 7) is 7.79. The summed E-state index contributed by atoms with van der Waals surface area (Å²) < 4.78 is 0.